The van der Waals surface area contributed by atoms with Crippen molar-refractivity contribution < 1.29 is 23.8 Å². The van der Waals surface area contributed by atoms with Gasteiger partial charge in [-0.15, -0.1) is 0 Å². The Morgan fingerprint density at radius 1 is 1.44 bits per heavy atom. The number of amides is 1. The number of rotatable bonds is 4. The molecule has 6 heteroatoms. The third-order valence-corrected chi connectivity index (χ3v) is 2.92. The van der Waals surface area contributed by atoms with Gasteiger partial charge < -0.3 is 19.6 Å². The summed E-state index contributed by atoms with van der Waals surface area (Å²) in [6.07, 6.45) is 0.754. The Bertz CT molecular complexity index is 428. The SMILES string of the molecule is C[C@@H](NC(=O)[C@@H]1CC[C@H](C(=O)O)O1)c1ccco1. The molecule has 0 aromatic carbocycles. The third kappa shape index (κ3) is 2.70. The zero-order chi connectivity index (χ0) is 13.1. The molecular formula is C12H15NO5. The number of carbonyl (C=O) groups is 2. The summed E-state index contributed by atoms with van der Waals surface area (Å²) in [7, 11) is 0. The normalized spacial score (nSPS) is 24.7. The highest BCUT2D eigenvalue weighted by Gasteiger charge is 2.35. The molecule has 0 spiro atoms. The number of ether oxygens (including phenoxy) is 1. The molecule has 1 aliphatic rings. The first-order valence-corrected chi connectivity index (χ1v) is 5.80. The fourth-order valence-corrected chi connectivity index (χ4v) is 1.93. The van der Waals surface area contributed by atoms with Gasteiger partial charge in [0.15, 0.2) is 6.10 Å². The molecule has 18 heavy (non-hydrogen) atoms. The Balaban J connectivity index is 1.87. The molecule has 0 unspecified atom stereocenters. The van der Waals surface area contributed by atoms with Gasteiger partial charge in [-0.25, -0.2) is 4.79 Å². The zero-order valence-electron chi connectivity index (χ0n) is 9.96. The topological polar surface area (TPSA) is 88.8 Å². The van der Waals surface area contributed by atoms with Crippen LogP contribution in [0.15, 0.2) is 22.8 Å². The fraction of sp³-hybridized carbons (Fsp3) is 0.500. The number of hydrogen-bond acceptors (Lipinski definition) is 4. The second-order valence-corrected chi connectivity index (χ2v) is 4.27. The minimum Gasteiger partial charge on any atom is -0.479 e. The van der Waals surface area contributed by atoms with Gasteiger partial charge in [0.1, 0.15) is 11.9 Å². The monoisotopic (exact) mass is 253 g/mol. The first-order valence-electron chi connectivity index (χ1n) is 5.80. The van der Waals surface area contributed by atoms with Crippen molar-refractivity contribution in [2.45, 2.75) is 38.0 Å². The number of hydrogen-bond donors (Lipinski definition) is 2. The van der Waals surface area contributed by atoms with Gasteiger partial charge in [-0.1, -0.05) is 0 Å². The van der Waals surface area contributed by atoms with Crippen LogP contribution in [0.5, 0.6) is 0 Å². The van der Waals surface area contributed by atoms with E-state index >= 15 is 0 Å². The molecule has 1 amide bonds. The maximum Gasteiger partial charge on any atom is 0.332 e. The summed E-state index contributed by atoms with van der Waals surface area (Å²) in [6, 6.07) is 3.24. The van der Waals surface area contributed by atoms with Crippen LogP contribution in [-0.2, 0) is 14.3 Å². The molecule has 1 fully saturated rings. The van der Waals surface area contributed by atoms with E-state index in [1.165, 1.54) is 6.26 Å². The quantitative estimate of drug-likeness (QED) is 0.838. The van der Waals surface area contributed by atoms with E-state index in [0.29, 0.717) is 18.6 Å². The van der Waals surface area contributed by atoms with Gasteiger partial charge in [-0.3, -0.25) is 4.79 Å². The van der Waals surface area contributed by atoms with Gasteiger partial charge in [-0.05, 0) is 31.9 Å². The van der Waals surface area contributed by atoms with Crippen LogP contribution in [0.25, 0.3) is 0 Å². The Labute approximate surface area is 104 Å². The predicted molar refractivity (Wildman–Crippen MR) is 60.8 cm³/mol. The lowest BCUT2D eigenvalue weighted by atomic mass is 10.1. The summed E-state index contributed by atoms with van der Waals surface area (Å²) >= 11 is 0. The Kier molecular flexibility index (Phi) is 3.66. The highest BCUT2D eigenvalue weighted by atomic mass is 16.5. The number of furan rings is 1. The average molecular weight is 253 g/mol. The minimum atomic E-state index is -1.02. The van der Waals surface area contributed by atoms with Gasteiger partial charge in [0, 0.05) is 0 Å². The second kappa shape index (κ2) is 5.22. The molecule has 1 aliphatic heterocycles. The standard InChI is InChI=1S/C12H15NO5/c1-7(8-3-2-6-17-8)13-11(14)9-4-5-10(18-9)12(15)16/h2-3,6-7,9-10H,4-5H2,1H3,(H,13,14)(H,15,16)/t7-,9+,10-/m1/s1. The lowest BCUT2D eigenvalue weighted by Crippen LogP contribution is -2.36. The van der Waals surface area contributed by atoms with E-state index in [1.54, 1.807) is 19.1 Å². The van der Waals surface area contributed by atoms with Crippen molar-refractivity contribution >= 4 is 11.9 Å². The van der Waals surface area contributed by atoms with Crippen LogP contribution in [-0.4, -0.2) is 29.2 Å². The molecule has 6 nitrogen and oxygen atoms in total. The van der Waals surface area contributed by atoms with Gasteiger partial charge in [0.25, 0.3) is 0 Å². The molecular weight excluding hydrogens is 238 g/mol. The Hall–Kier alpha value is -1.82. The molecule has 0 radical (unpaired) electrons. The number of carbonyl (C=O) groups excluding carboxylic acids is 1. The molecule has 2 heterocycles. The van der Waals surface area contributed by atoms with Crippen LogP contribution in [0.3, 0.4) is 0 Å². The lowest BCUT2D eigenvalue weighted by Gasteiger charge is -2.15. The van der Waals surface area contributed by atoms with Crippen molar-refractivity contribution in [3.8, 4) is 0 Å². The summed E-state index contributed by atoms with van der Waals surface area (Å²) in [5, 5.41) is 11.5. The molecule has 0 aliphatic carbocycles. The Morgan fingerprint density at radius 3 is 2.72 bits per heavy atom. The van der Waals surface area contributed by atoms with Crippen molar-refractivity contribution in [3.63, 3.8) is 0 Å². The number of nitrogens with one attached hydrogen (secondary N) is 1. The maximum absolute atomic E-state index is 11.8. The predicted octanol–water partition coefficient (Wildman–Crippen LogP) is 1.09. The van der Waals surface area contributed by atoms with Gasteiger partial charge in [-0.2, -0.15) is 0 Å². The number of aliphatic carboxylic acids is 1. The molecule has 2 rings (SSSR count). The number of carboxylic acid groups (broad SMARTS) is 1. The van der Waals surface area contributed by atoms with Gasteiger partial charge in [0.05, 0.1) is 12.3 Å². The van der Waals surface area contributed by atoms with Crippen LogP contribution < -0.4 is 5.32 Å². The van der Waals surface area contributed by atoms with Crippen molar-refractivity contribution in [1.29, 1.82) is 0 Å². The van der Waals surface area contributed by atoms with Gasteiger partial charge in [0.2, 0.25) is 5.91 Å². The molecule has 3 atom stereocenters. The molecule has 0 bridgehead atoms. The minimum absolute atomic E-state index is 0.264. The first kappa shape index (κ1) is 12.6. The molecule has 1 saturated heterocycles. The molecule has 1 aromatic rings. The van der Waals surface area contributed by atoms with E-state index in [4.69, 9.17) is 14.3 Å². The first-order chi connectivity index (χ1) is 8.58. The van der Waals surface area contributed by atoms with E-state index in [0.717, 1.165) is 0 Å². The molecule has 1 aromatic heterocycles. The van der Waals surface area contributed by atoms with Crippen LogP contribution in [0.4, 0.5) is 0 Å². The third-order valence-electron chi connectivity index (χ3n) is 2.92. The van der Waals surface area contributed by atoms with Crippen LogP contribution >= 0.6 is 0 Å². The molecule has 2 N–H and O–H groups in total. The molecule has 98 valence electrons. The van der Waals surface area contributed by atoms with E-state index in [-0.39, 0.29) is 11.9 Å². The summed E-state index contributed by atoms with van der Waals surface area (Å²) < 4.78 is 10.3. The van der Waals surface area contributed by atoms with Gasteiger partial charge >= 0.3 is 5.97 Å². The van der Waals surface area contributed by atoms with Crippen molar-refractivity contribution in [3.05, 3.63) is 24.2 Å². The van der Waals surface area contributed by atoms with Crippen LogP contribution in [0.1, 0.15) is 31.6 Å². The smallest absolute Gasteiger partial charge is 0.332 e. The lowest BCUT2D eigenvalue weighted by molar-refractivity contribution is -0.151. The van der Waals surface area contributed by atoms with E-state index < -0.39 is 18.2 Å². The second-order valence-electron chi connectivity index (χ2n) is 4.27. The van der Waals surface area contributed by atoms with E-state index in [9.17, 15) is 9.59 Å². The maximum atomic E-state index is 11.8. The van der Waals surface area contributed by atoms with Crippen molar-refractivity contribution in [2.24, 2.45) is 0 Å². The summed E-state index contributed by atoms with van der Waals surface area (Å²) in [6.45, 7) is 1.79. The summed E-state index contributed by atoms with van der Waals surface area (Å²) in [4.78, 5) is 22.6. The zero-order valence-corrected chi connectivity index (χ0v) is 9.96. The summed E-state index contributed by atoms with van der Waals surface area (Å²) in [5.74, 6) is -0.678. The van der Waals surface area contributed by atoms with Crippen molar-refractivity contribution in [2.75, 3.05) is 0 Å². The van der Waals surface area contributed by atoms with E-state index in [1.807, 2.05) is 0 Å². The summed E-state index contributed by atoms with van der Waals surface area (Å²) in [5.41, 5.74) is 0. The highest BCUT2D eigenvalue weighted by molar-refractivity contribution is 5.82. The van der Waals surface area contributed by atoms with E-state index in [2.05, 4.69) is 5.32 Å². The molecule has 0 saturated carbocycles. The highest BCUT2D eigenvalue weighted by Crippen LogP contribution is 2.21. The van der Waals surface area contributed by atoms with Crippen LogP contribution in [0, 0.1) is 0 Å². The largest absolute Gasteiger partial charge is 0.479 e. The van der Waals surface area contributed by atoms with Crippen LogP contribution in [0.2, 0.25) is 0 Å². The Morgan fingerprint density at radius 2 is 2.17 bits per heavy atom. The fourth-order valence-electron chi connectivity index (χ4n) is 1.93. The average Bonchev–Trinajstić information content (AvgIpc) is 3.00. The van der Waals surface area contributed by atoms with Crippen molar-refractivity contribution in [1.82, 2.24) is 5.32 Å². The number of carboxylic acids is 1.